The molecule has 1 aromatic rings. The molecule has 2 aliphatic rings. The van der Waals surface area contributed by atoms with Crippen molar-refractivity contribution in [3.8, 4) is 5.75 Å². The van der Waals surface area contributed by atoms with Crippen molar-refractivity contribution in [3.63, 3.8) is 0 Å². The highest BCUT2D eigenvalue weighted by Gasteiger charge is 2.27. The molecule has 3 N–H and O–H groups in total. The quantitative estimate of drug-likeness (QED) is 0.548. The van der Waals surface area contributed by atoms with E-state index in [1.165, 1.54) is 16.4 Å². The minimum atomic E-state index is -3.70. The highest BCUT2D eigenvalue weighted by Crippen LogP contribution is 2.30. The number of nitrogens with one attached hydrogen (secondary N) is 3. The van der Waals surface area contributed by atoms with Crippen LogP contribution in [0.4, 0.5) is 10.5 Å². The summed E-state index contributed by atoms with van der Waals surface area (Å²) in [4.78, 5) is 23.9. The summed E-state index contributed by atoms with van der Waals surface area (Å²) < 4.78 is 38.2. The summed E-state index contributed by atoms with van der Waals surface area (Å²) in [7, 11) is -3.70. The molecule has 2 fully saturated rings. The first-order valence-electron chi connectivity index (χ1n) is 9.98. The van der Waals surface area contributed by atoms with Crippen LogP contribution in [0.1, 0.15) is 26.7 Å². The Bertz CT molecular complexity index is 879. The fraction of sp³-hybridized carbons (Fsp3) is 0.579. The molecule has 0 atom stereocenters. The van der Waals surface area contributed by atoms with E-state index in [4.69, 9.17) is 9.47 Å². The predicted molar refractivity (Wildman–Crippen MR) is 110 cm³/mol. The van der Waals surface area contributed by atoms with Crippen LogP contribution in [0, 0.1) is 0 Å². The maximum Gasteiger partial charge on any atom is 0.321 e. The van der Waals surface area contributed by atoms with E-state index in [1.54, 1.807) is 6.07 Å². The second-order valence-corrected chi connectivity index (χ2v) is 9.43. The minimum Gasteiger partial charge on any atom is -0.489 e. The fourth-order valence-electron chi connectivity index (χ4n) is 2.90. The Morgan fingerprint density at radius 3 is 2.57 bits per heavy atom. The number of hydrogen-bond acceptors (Lipinski definition) is 7. The van der Waals surface area contributed by atoms with E-state index in [0.717, 1.165) is 12.8 Å². The number of hydrogen-bond donors (Lipinski definition) is 3. The molecule has 1 saturated carbocycles. The highest BCUT2D eigenvalue weighted by molar-refractivity contribution is 7.89. The molecule has 0 radical (unpaired) electrons. The zero-order valence-electron chi connectivity index (χ0n) is 17.1. The van der Waals surface area contributed by atoms with Crippen LogP contribution in [-0.2, 0) is 19.6 Å². The number of imide groups is 1. The van der Waals surface area contributed by atoms with Gasteiger partial charge in [-0.1, -0.05) is 0 Å². The number of ether oxygens (including phenoxy) is 2. The van der Waals surface area contributed by atoms with Crippen LogP contribution in [0.15, 0.2) is 23.1 Å². The lowest BCUT2D eigenvalue weighted by molar-refractivity contribution is -0.118. The van der Waals surface area contributed by atoms with Crippen molar-refractivity contribution in [2.75, 3.05) is 38.2 Å². The van der Waals surface area contributed by atoms with Gasteiger partial charge in [-0.25, -0.2) is 13.2 Å². The van der Waals surface area contributed by atoms with Gasteiger partial charge in [0.2, 0.25) is 15.9 Å². The molecule has 3 amide bonds. The summed E-state index contributed by atoms with van der Waals surface area (Å²) in [5.74, 6) is -0.119. The summed E-state index contributed by atoms with van der Waals surface area (Å²) in [5, 5.41) is 7.80. The maximum absolute atomic E-state index is 12.9. The molecule has 1 saturated heterocycles. The molecule has 166 valence electrons. The van der Waals surface area contributed by atoms with Crippen molar-refractivity contribution >= 4 is 27.6 Å². The van der Waals surface area contributed by atoms with Crippen molar-refractivity contribution in [1.29, 1.82) is 0 Å². The molecule has 0 bridgehead atoms. The van der Waals surface area contributed by atoms with Crippen LogP contribution < -0.4 is 20.7 Å². The molecule has 0 unspecified atom stereocenters. The first-order valence-corrected chi connectivity index (χ1v) is 11.4. The molecule has 1 aliphatic carbocycles. The lowest BCUT2D eigenvalue weighted by Gasteiger charge is -2.26. The van der Waals surface area contributed by atoms with E-state index in [2.05, 4.69) is 16.0 Å². The van der Waals surface area contributed by atoms with Crippen molar-refractivity contribution in [2.45, 2.75) is 43.7 Å². The van der Waals surface area contributed by atoms with Crippen LogP contribution >= 0.6 is 0 Å². The highest BCUT2D eigenvalue weighted by atomic mass is 32.2. The third kappa shape index (κ3) is 6.07. The monoisotopic (exact) mass is 440 g/mol. The van der Waals surface area contributed by atoms with Crippen molar-refractivity contribution in [1.82, 2.24) is 14.9 Å². The summed E-state index contributed by atoms with van der Waals surface area (Å²) >= 11 is 0. The predicted octanol–water partition coefficient (Wildman–Crippen LogP) is 0.895. The van der Waals surface area contributed by atoms with Gasteiger partial charge < -0.3 is 20.1 Å². The summed E-state index contributed by atoms with van der Waals surface area (Å²) in [6, 6.07) is 4.09. The zero-order chi connectivity index (χ0) is 21.7. The van der Waals surface area contributed by atoms with Gasteiger partial charge in [-0.05, 0) is 44.9 Å². The smallest absolute Gasteiger partial charge is 0.321 e. The fourth-order valence-corrected chi connectivity index (χ4v) is 4.33. The van der Waals surface area contributed by atoms with E-state index in [1.807, 2.05) is 13.8 Å². The Morgan fingerprint density at radius 2 is 1.93 bits per heavy atom. The lowest BCUT2D eigenvalue weighted by Crippen LogP contribution is -2.42. The molecule has 0 aromatic heterocycles. The second-order valence-electron chi connectivity index (χ2n) is 7.49. The van der Waals surface area contributed by atoms with Gasteiger partial charge in [-0.3, -0.25) is 10.1 Å². The number of nitrogens with zero attached hydrogens (tertiary/aromatic N) is 1. The summed E-state index contributed by atoms with van der Waals surface area (Å²) in [5.41, 5.74) is 0.357. The largest absolute Gasteiger partial charge is 0.489 e. The summed E-state index contributed by atoms with van der Waals surface area (Å²) in [6.45, 7) is 4.74. The Kier molecular flexibility index (Phi) is 7.16. The SMILES string of the molecule is CC(C)Oc1ccc(S(=O)(=O)N2CCOCC2)cc1NCC(=O)NC(=O)NC1CC1. The van der Waals surface area contributed by atoms with Crippen LogP contribution in [0.2, 0.25) is 0 Å². The normalized spacial score (nSPS) is 17.4. The van der Waals surface area contributed by atoms with E-state index in [9.17, 15) is 18.0 Å². The number of rotatable bonds is 8. The number of carbonyl (C=O) groups excluding carboxylic acids is 2. The maximum atomic E-state index is 12.9. The van der Waals surface area contributed by atoms with Gasteiger partial charge in [-0.15, -0.1) is 0 Å². The van der Waals surface area contributed by atoms with Gasteiger partial charge in [0.15, 0.2) is 0 Å². The van der Waals surface area contributed by atoms with Gasteiger partial charge in [0, 0.05) is 19.1 Å². The molecular weight excluding hydrogens is 412 g/mol. The number of sulfonamides is 1. The number of urea groups is 1. The van der Waals surface area contributed by atoms with E-state index >= 15 is 0 Å². The average molecular weight is 441 g/mol. The number of amides is 3. The minimum absolute atomic E-state index is 0.0925. The third-order valence-electron chi connectivity index (χ3n) is 4.53. The van der Waals surface area contributed by atoms with Gasteiger partial charge in [0.25, 0.3) is 0 Å². The van der Waals surface area contributed by atoms with Crippen molar-refractivity contribution in [2.24, 2.45) is 0 Å². The van der Waals surface area contributed by atoms with Gasteiger partial charge in [0.05, 0.1) is 36.4 Å². The third-order valence-corrected chi connectivity index (χ3v) is 6.42. The second kappa shape index (κ2) is 9.63. The zero-order valence-corrected chi connectivity index (χ0v) is 18.0. The first kappa shape index (κ1) is 22.3. The van der Waals surface area contributed by atoms with E-state index in [-0.39, 0.29) is 36.7 Å². The first-order chi connectivity index (χ1) is 14.3. The van der Waals surface area contributed by atoms with Gasteiger partial charge >= 0.3 is 6.03 Å². The van der Waals surface area contributed by atoms with Crippen molar-refractivity contribution < 1.29 is 27.5 Å². The average Bonchev–Trinajstić information content (AvgIpc) is 3.51. The molecule has 10 nitrogen and oxygen atoms in total. The standard InChI is InChI=1S/C19H28N4O6S/c1-13(2)29-17-6-5-15(30(26,27)23-7-9-28-10-8-23)11-16(17)20-12-18(24)22-19(25)21-14-3-4-14/h5-6,11,13-14,20H,3-4,7-10,12H2,1-2H3,(H2,21,22,24,25). The molecule has 1 aliphatic heterocycles. The number of anilines is 1. The van der Waals surface area contributed by atoms with E-state index < -0.39 is 22.0 Å². The topological polar surface area (TPSA) is 126 Å². The van der Waals surface area contributed by atoms with Gasteiger partial charge in [-0.2, -0.15) is 4.31 Å². The van der Waals surface area contributed by atoms with Crippen LogP contribution in [0.5, 0.6) is 5.75 Å². The molecule has 0 spiro atoms. The molecule has 11 heteroatoms. The lowest BCUT2D eigenvalue weighted by atomic mass is 10.3. The Morgan fingerprint density at radius 1 is 1.23 bits per heavy atom. The number of benzene rings is 1. The Balaban J connectivity index is 1.72. The summed E-state index contributed by atoms with van der Waals surface area (Å²) in [6.07, 6.45) is 1.69. The number of carbonyl (C=O) groups is 2. The molecule has 1 heterocycles. The van der Waals surface area contributed by atoms with Crippen LogP contribution in [0.3, 0.4) is 0 Å². The molecule has 3 rings (SSSR count). The van der Waals surface area contributed by atoms with E-state index in [0.29, 0.717) is 24.7 Å². The molecule has 30 heavy (non-hydrogen) atoms. The Hall–Kier alpha value is -2.37. The molecule has 1 aromatic carbocycles. The van der Waals surface area contributed by atoms with Gasteiger partial charge in [0.1, 0.15) is 5.75 Å². The van der Waals surface area contributed by atoms with Crippen LogP contribution in [0.25, 0.3) is 0 Å². The molecular formula is C19H28N4O6S. The van der Waals surface area contributed by atoms with Crippen molar-refractivity contribution in [3.05, 3.63) is 18.2 Å². The Labute approximate surface area is 176 Å². The number of morpholine rings is 1. The van der Waals surface area contributed by atoms with Crippen LogP contribution in [-0.4, -0.2) is 69.7 Å².